The maximum atomic E-state index is 5.25. The molecule has 0 radical (unpaired) electrons. The number of benzene rings is 2. The number of anilines is 1. The van der Waals surface area contributed by atoms with Crippen molar-refractivity contribution in [1.29, 1.82) is 0 Å². The summed E-state index contributed by atoms with van der Waals surface area (Å²) in [7, 11) is 0. The Kier molecular flexibility index (Phi) is 4.07. The van der Waals surface area contributed by atoms with Crippen molar-refractivity contribution in [2.75, 3.05) is 5.32 Å². The third-order valence-electron chi connectivity index (χ3n) is 3.12. The summed E-state index contributed by atoms with van der Waals surface area (Å²) in [5, 5.41) is 3.35. The average molecular weight is 293 g/mol. The van der Waals surface area contributed by atoms with Crippen LogP contribution in [0.4, 0.5) is 5.82 Å². The van der Waals surface area contributed by atoms with Crippen LogP contribution in [0, 0.1) is 4.64 Å². The monoisotopic (exact) mass is 293 g/mol. The number of H-pyrrole nitrogens is 1. The molecule has 0 saturated carbocycles. The minimum atomic E-state index is 0.572. The topological polar surface area (TPSA) is 40.7 Å². The predicted octanol–water partition coefficient (Wildman–Crippen LogP) is 4.42. The summed E-state index contributed by atoms with van der Waals surface area (Å²) in [5.74, 6) is 1.65. The van der Waals surface area contributed by atoms with Gasteiger partial charge in [-0.1, -0.05) is 72.9 Å². The number of nitrogens with zero attached hydrogens (tertiary/aromatic N) is 1. The lowest BCUT2D eigenvalue weighted by atomic mass is 10.2. The predicted molar refractivity (Wildman–Crippen MR) is 88.6 cm³/mol. The van der Waals surface area contributed by atoms with Gasteiger partial charge in [-0.05, 0) is 5.56 Å². The van der Waals surface area contributed by atoms with E-state index < -0.39 is 0 Å². The van der Waals surface area contributed by atoms with Crippen LogP contribution in [0.1, 0.15) is 5.56 Å². The van der Waals surface area contributed by atoms with E-state index in [1.807, 2.05) is 54.6 Å². The number of hydrogen-bond acceptors (Lipinski definition) is 3. The van der Waals surface area contributed by atoms with Crippen LogP contribution in [0.2, 0.25) is 0 Å². The Bertz CT molecular complexity index is 767. The molecular weight excluding hydrogens is 278 g/mol. The molecule has 0 aliphatic carbocycles. The molecule has 104 valence electrons. The van der Waals surface area contributed by atoms with Gasteiger partial charge in [0.25, 0.3) is 0 Å². The van der Waals surface area contributed by atoms with Gasteiger partial charge >= 0.3 is 0 Å². The van der Waals surface area contributed by atoms with Gasteiger partial charge in [-0.15, -0.1) is 0 Å². The van der Waals surface area contributed by atoms with Gasteiger partial charge in [-0.2, -0.15) is 0 Å². The lowest BCUT2D eigenvalue weighted by molar-refractivity contribution is 1.08. The zero-order chi connectivity index (χ0) is 14.5. The molecule has 2 N–H and O–H groups in total. The van der Waals surface area contributed by atoms with E-state index in [9.17, 15) is 0 Å². The van der Waals surface area contributed by atoms with Crippen LogP contribution in [-0.2, 0) is 6.54 Å². The summed E-state index contributed by atoms with van der Waals surface area (Å²) in [6.45, 7) is 0.740. The van der Waals surface area contributed by atoms with Gasteiger partial charge in [0.2, 0.25) is 0 Å². The van der Waals surface area contributed by atoms with Gasteiger partial charge in [0.05, 0.1) is 0 Å². The molecule has 0 unspecified atom stereocenters. The summed E-state index contributed by atoms with van der Waals surface area (Å²) in [6, 6.07) is 22.0. The number of hydrogen-bond donors (Lipinski definition) is 2. The highest BCUT2D eigenvalue weighted by Gasteiger charge is 2.01. The summed E-state index contributed by atoms with van der Waals surface area (Å²) >= 11 is 5.25. The van der Waals surface area contributed by atoms with E-state index in [0.717, 1.165) is 23.8 Å². The van der Waals surface area contributed by atoms with Gasteiger partial charge in [-0.25, -0.2) is 4.98 Å². The maximum Gasteiger partial charge on any atom is 0.140 e. The fourth-order valence-electron chi connectivity index (χ4n) is 2.08. The number of aromatic amines is 1. The van der Waals surface area contributed by atoms with E-state index in [1.54, 1.807) is 0 Å². The smallest absolute Gasteiger partial charge is 0.140 e. The Morgan fingerprint density at radius 1 is 0.952 bits per heavy atom. The van der Waals surface area contributed by atoms with Gasteiger partial charge in [0.1, 0.15) is 16.3 Å². The first kappa shape index (κ1) is 13.5. The first-order chi connectivity index (χ1) is 10.3. The molecule has 0 bridgehead atoms. The van der Waals surface area contributed by atoms with E-state index in [0.29, 0.717) is 4.64 Å². The van der Waals surface area contributed by atoms with Crippen LogP contribution < -0.4 is 5.32 Å². The molecule has 4 heteroatoms. The van der Waals surface area contributed by atoms with Crippen molar-refractivity contribution in [3.05, 3.63) is 76.9 Å². The van der Waals surface area contributed by atoms with Gasteiger partial charge < -0.3 is 10.3 Å². The largest absolute Gasteiger partial charge is 0.367 e. The highest BCUT2D eigenvalue weighted by Crippen LogP contribution is 2.16. The van der Waals surface area contributed by atoms with E-state index >= 15 is 0 Å². The van der Waals surface area contributed by atoms with E-state index in [1.165, 1.54) is 5.56 Å². The Balaban J connectivity index is 1.83. The van der Waals surface area contributed by atoms with Crippen LogP contribution >= 0.6 is 12.2 Å². The van der Waals surface area contributed by atoms with Gasteiger partial charge in [-0.3, -0.25) is 0 Å². The molecule has 0 aliphatic heterocycles. The van der Waals surface area contributed by atoms with Crippen molar-refractivity contribution in [3.63, 3.8) is 0 Å². The van der Waals surface area contributed by atoms with Gasteiger partial charge in [0, 0.05) is 18.2 Å². The molecule has 3 rings (SSSR count). The fraction of sp³-hybridized carbons (Fsp3) is 0.0588. The molecule has 0 saturated heterocycles. The molecule has 0 amide bonds. The molecule has 3 aromatic rings. The molecule has 1 aromatic heterocycles. The average Bonchev–Trinajstić information content (AvgIpc) is 2.54. The molecule has 21 heavy (non-hydrogen) atoms. The Labute approximate surface area is 128 Å². The van der Waals surface area contributed by atoms with Gasteiger partial charge in [0.15, 0.2) is 0 Å². The zero-order valence-electron chi connectivity index (χ0n) is 11.4. The highest BCUT2D eigenvalue weighted by atomic mass is 32.1. The molecule has 0 aliphatic rings. The molecule has 0 fully saturated rings. The second-order valence-corrected chi connectivity index (χ2v) is 5.11. The molecule has 3 nitrogen and oxygen atoms in total. The third-order valence-corrected chi connectivity index (χ3v) is 3.33. The molecular formula is C17H15N3S. The number of nitrogens with one attached hydrogen (secondary N) is 2. The molecule has 1 heterocycles. The minimum Gasteiger partial charge on any atom is -0.367 e. The van der Waals surface area contributed by atoms with E-state index in [2.05, 4.69) is 27.4 Å². The second-order valence-electron chi connectivity index (χ2n) is 4.69. The first-order valence-electron chi connectivity index (χ1n) is 6.76. The van der Waals surface area contributed by atoms with E-state index in [-0.39, 0.29) is 0 Å². The van der Waals surface area contributed by atoms with Crippen molar-refractivity contribution in [2.24, 2.45) is 0 Å². The lowest BCUT2D eigenvalue weighted by Crippen LogP contribution is -2.03. The van der Waals surface area contributed by atoms with Crippen molar-refractivity contribution >= 4 is 18.0 Å². The lowest BCUT2D eigenvalue weighted by Gasteiger charge is -2.09. The Morgan fingerprint density at radius 2 is 1.62 bits per heavy atom. The quantitative estimate of drug-likeness (QED) is 0.700. The van der Waals surface area contributed by atoms with Crippen LogP contribution in [0.15, 0.2) is 66.7 Å². The highest BCUT2D eigenvalue weighted by molar-refractivity contribution is 7.71. The molecule has 2 aromatic carbocycles. The standard InChI is InChI=1S/C17H15N3S/c21-16-11-15(18-12-13-7-3-1-4-8-13)19-17(20-16)14-9-5-2-6-10-14/h1-11H,12H2,(H2,18,19,20,21). The van der Waals surface area contributed by atoms with Crippen LogP contribution in [-0.4, -0.2) is 9.97 Å². The van der Waals surface area contributed by atoms with Crippen molar-refractivity contribution in [1.82, 2.24) is 9.97 Å². The number of aromatic nitrogens is 2. The number of rotatable bonds is 4. The SMILES string of the molecule is S=c1cc(NCc2ccccc2)[nH]c(-c2ccccc2)n1. The van der Waals surface area contributed by atoms with E-state index in [4.69, 9.17) is 12.2 Å². The first-order valence-corrected chi connectivity index (χ1v) is 7.17. The summed E-state index contributed by atoms with van der Waals surface area (Å²) < 4.78 is 0.572. The second kappa shape index (κ2) is 6.33. The van der Waals surface area contributed by atoms with Crippen molar-refractivity contribution in [2.45, 2.75) is 6.54 Å². The zero-order valence-corrected chi connectivity index (χ0v) is 12.2. The summed E-state index contributed by atoms with van der Waals surface area (Å²) in [4.78, 5) is 7.66. The molecule has 0 atom stereocenters. The Hall–Kier alpha value is -2.46. The van der Waals surface area contributed by atoms with Crippen LogP contribution in [0.5, 0.6) is 0 Å². The van der Waals surface area contributed by atoms with Crippen molar-refractivity contribution in [3.8, 4) is 11.4 Å². The van der Waals surface area contributed by atoms with Crippen LogP contribution in [0.25, 0.3) is 11.4 Å². The normalized spacial score (nSPS) is 10.3. The Morgan fingerprint density at radius 3 is 2.33 bits per heavy atom. The summed E-state index contributed by atoms with van der Waals surface area (Å²) in [6.07, 6.45) is 0. The van der Waals surface area contributed by atoms with Crippen LogP contribution in [0.3, 0.4) is 0 Å². The third kappa shape index (κ3) is 3.55. The molecule has 0 spiro atoms. The minimum absolute atomic E-state index is 0.572. The summed E-state index contributed by atoms with van der Waals surface area (Å²) in [5.41, 5.74) is 2.24. The fourth-order valence-corrected chi connectivity index (χ4v) is 2.29. The van der Waals surface area contributed by atoms with Crippen molar-refractivity contribution < 1.29 is 0 Å². The maximum absolute atomic E-state index is 5.25.